The molecule has 0 aliphatic carbocycles. The molecule has 4 heterocycles. The van der Waals surface area contributed by atoms with Crippen molar-refractivity contribution in [2.45, 2.75) is 13.1 Å². The molecule has 0 spiro atoms. The second-order valence-electron chi connectivity index (χ2n) is 9.47. The Bertz CT molecular complexity index is 1730. The molecule has 6 rings (SSSR count). The number of hydrogen-bond acceptors (Lipinski definition) is 6. The standard InChI is InChI=1S/C27H26F3N7O/c1-3-35-10-12-36(13-11-35)21-9-8-18(15-19(21)27(28,29)30)32-26-31-16-23-24(33-26)37-20-7-5-4-6-17(20)14-22(37)25(38)34(23)2/h4-9,14-16H,3,10-13H2,1-2H3,(H,31,32,33). The number of nitrogens with one attached hydrogen (secondary N) is 1. The van der Waals surface area contributed by atoms with Crippen LogP contribution in [0.2, 0.25) is 0 Å². The van der Waals surface area contributed by atoms with Crippen molar-refractivity contribution in [1.29, 1.82) is 0 Å². The molecule has 3 aromatic heterocycles. The van der Waals surface area contributed by atoms with E-state index in [1.165, 1.54) is 16.8 Å². The van der Waals surface area contributed by atoms with Gasteiger partial charge in [0.25, 0.3) is 5.56 Å². The van der Waals surface area contributed by atoms with Gasteiger partial charge < -0.3 is 19.7 Å². The highest BCUT2D eigenvalue weighted by Gasteiger charge is 2.36. The minimum Gasteiger partial charge on any atom is -0.368 e. The molecule has 1 aliphatic rings. The van der Waals surface area contributed by atoms with E-state index < -0.39 is 11.7 Å². The molecule has 1 saturated heterocycles. The molecular formula is C27H26F3N7O. The van der Waals surface area contributed by atoms with Gasteiger partial charge in [-0.05, 0) is 36.9 Å². The normalized spacial score (nSPS) is 15.1. The summed E-state index contributed by atoms with van der Waals surface area (Å²) in [6.45, 7) is 5.46. The summed E-state index contributed by atoms with van der Waals surface area (Å²) in [5.74, 6) is 0.132. The van der Waals surface area contributed by atoms with Crippen molar-refractivity contribution in [3.63, 3.8) is 0 Å². The quantitative estimate of drug-likeness (QED) is 0.372. The zero-order valence-electron chi connectivity index (χ0n) is 21.0. The van der Waals surface area contributed by atoms with Crippen LogP contribution in [-0.4, -0.2) is 56.6 Å². The number of alkyl halides is 3. The first-order valence-corrected chi connectivity index (χ1v) is 12.5. The van der Waals surface area contributed by atoms with E-state index in [-0.39, 0.29) is 22.9 Å². The molecule has 2 aromatic carbocycles. The topological polar surface area (TPSA) is 70.7 Å². The summed E-state index contributed by atoms with van der Waals surface area (Å²) in [7, 11) is 1.65. The van der Waals surface area contributed by atoms with Crippen molar-refractivity contribution in [1.82, 2.24) is 23.8 Å². The van der Waals surface area contributed by atoms with E-state index in [4.69, 9.17) is 0 Å². The number of likely N-dealkylation sites (N-methyl/N-ethyl adjacent to an activating group) is 1. The molecule has 0 radical (unpaired) electrons. The molecule has 1 N–H and O–H groups in total. The number of nitrogens with zero attached hydrogens (tertiary/aromatic N) is 6. The van der Waals surface area contributed by atoms with Crippen LogP contribution in [0.5, 0.6) is 0 Å². The maximum atomic E-state index is 14.1. The maximum Gasteiger partial charge on any atom is 0.418 e. The van der Waals surface area contributed by atoms with Crippen LogP contribution in [0.1, 0.15) is 12.5 Å². The van der Waals surface area contributed by atoms with Crippen LogP contribution in [0.4, 0.5) is 30.5 Å². The molecule has 196 valence electrons. The van der Waals surface area contributed by atoms with Gasteiger partial charge in [-0.25, -0.2) is 4.98 Å². The fourth-order valence-corrected chi connectivity index (χ4v) is 5.20. The fraction of sp³-hybridized carbons (Fsp3) is 0.296. The summed E-state index contributed by atoms with van der Waals surface area (Å²) >= 11 is 0. The zero-order chi connectivity index (χ0) is 26.6. The van der Waals surface area contributed by atoms with Gasteiger partial charge in [-0.2, -0.15) is 18.2 Å². The summed E-state index contributed by atoms with van der Waals surface area (Å²) in [5.41, 5.74) is 1.76. The van der Waals surface area contributed by atoms with Crippen LogP contribution in [0.3, 0.4) is 0 Å². The number of anilines is 3. The zero-order valence-corrected chi connectivity index (χ0v) is 21.0. The third-order valence-corrected chi connectivity index (χ3v) is 7.28. The van der Waals surface area contributed by atoms with Crippen molar-refractivity contribution in [2.24, 2.45) is 7.05 Å². The molecule has 0 atom stereocenters. The van der Waals surface area contributed by atoms with Gasteiger partial charge >= 0.3 is 6.18 Å². The molecular weight excluding hydrogens is 495 g/mol. The number of benzene rings is 2. The van der Waals surface area contributed by atoms with Gasteiger partial charge in [-0.1, -0.05) is 25.1 Å². The molecule has 0 bridgehead atoms. The van der Waals surface area contributed by atoms with Gasteiger partial charge in [0.15, 0.2) is 5.65 Å². The maximum absolute atomic E-state index is 14.1. The molecule has 11 heteroatoms. The lowest BCUT2D eigenvalue weighted by Gasteiger charge is -2.36. The van der Waals surface area contributed by atoms with Crippen molar-refractivity contribution in [3.05, 3.63) is 70.6 Å². The predicted octanol–water partition coefficient (Wildman–Crippen LogP) is 4.64. The average Bonchev–Trinajstić information content (AvgIpc) is 3.31. The fourth-order valence-electron chi connectivity index (χ4n) is 5.20. The monoisotopic (exact) mass is 521 g/mol. The number of rotatable bonds is 4. The van der Waals surface area contributed by atoms with E-state index in [1.807, 2.05) is 24.3 Å². The van der Waals surface area contributed by atoms with E-state index in [9.17, 15) is 18.0 Å². The van der Waals surface area contributed by atoms with Crippen LogP contribution >= 0.6 is 0 Å². The number of para-hydroxylation sites is 1. The first-order valence-electron chi connectivity index (χ1n) is 12.5. The summed E-state index contributed by atoms with van der Waals surface area (Å²) < 4.78 is 45.6. The Morgan fingerprint density at radius 2 is 1.74 bits per heavy atom. The molecule has 8 nitrogen and oxygen atoms in total. The molecule has 0 unspecified atom stereocenters. The van der Waals surface area contributed by atoms with Crippen molar-refractivity contribution in [3.8, 4) is 0 Å². The second kappa shape index (κ2) is 9.02. The number of piperazine rings is 1. The Morgan fingerprint density at radius 3 is 2.47 bits per heavy atom. The molecule has 0 amide bonds. The van der Waals surface area contributed by atoms with Crippen LogP contribution < -0.4 is 15.8 Å². The lowest BCUT2D eigenvalue weighted by Crippen LogP contribution is -2.46. The van der Waals surface area contributed by atoms with E-state index in [0.717, 1.165) is 36.6 Å². The van der Waals surface area contributed by atoms with Crippen LogP contribution in [0.15, 0.2) is 59.5 Å². The summed E-state index contributed by atoms with van der Waals surface area (Å²) in [4.78, 5) is 25.9. The highest BCUT2D eigenvalue weighted by molar-refractivity contribution is 5.92. The molecule has 38 heavy (non-hydrogen) atoms. The van der Waals surface area contributed by atoms with E-state index >= 15 is 0 Å². The van der Waals surface area contributed by atoms with Crippen molar-refractivity contribution >= 4 is 44.9 Å². The Hall–Kier alpha value is -4.12. The van der Waals surface area contributed by atoms with E-state index in [2.05, 4.69) is 27.1 Å². The van der Waals surface area contributed by atoms with Crippen molar-refractivity contribution < 1.29 is 13.2 Å². The van der Waals surface area contributed by atoms with Crippen LogP contribution in [0, 0.1) is 0 Å². The Balaban J connectivity index is 1.41. The Kier molecular flexibility index (Phi) is 5.75. The van der Waals surface area contributed by atoms with Gasteiger partial charge in [0, 0.05) is 50.0 Å². The summed E-state index contributed by atoms with van der Waals surface area (Å²) in [6, 6.07) is 13.6. The first kappa shape index (κ1) is 24.2. The van der Waals surface area contributed by atoms with Crippen LogP contribution in [-0.2, 0) is 13.2 Å². The Labute approximate surface area is 215 Å². The van der Waals surface area contributed by atoms with Gasteiger partial charge in [-0.15, -0.1) is 0 Å². The van der Waals surface area contributed by atoms with Crippen molar-refractivity contribution in [2.75, 3.05) is 42.9 Å². The van der Waals surface area contributed by atoms with Crippen LogP contribution in [0.25, 0.3) is 27.6 Å². The lowest BCUT2D eigenvalue weighted by atomic mass is 10.1. The largest absolute Gasteiger partial charge is 0.418 e. The SMILES string of the molecule is CCN1CCN(c2ccc(Nc3ncc4c(n3)n3c(cc5ccccc53)c(=O)n4C)cc2C(F)(F)F)CC1. The Morgan fingerprint density at radius 1 is 0.974 bits per heavy atom. The highest BCUT2D eigenvalue weighted by Crippen LogP contribution is 2.39. The number of aromatic nitrogens is 4. The second-order valence-corrected chi connectivity index (χ2v) is 9.47. The first-order chi connectivity index (χ1) is 18.2. The minimum absolute atomic E-state index is 0.132. The highest BCUT2D eigenvalue weighted by atomic mass is 19.4. The molecule has 5 aromatic rings. The lowest BCUT2D eigenvalue weighted by molar-refractivity contribution is -0.137. The van der Waals surface area contributed by atoms with Gasteiger partial charge in [-0.3, -0.25) is 9.20 Å². The number of halogens is 3. The predicted molar refractivity (Wildman–Crippen MR) is 142 cm³/mol. The smallest absolute Gasteiger partial charge is 0.368 e. The molecule has 1 fully saturated rings. The average molecular weight is 522 g/mol. The van der Waals surface area contributed by atoms with Gasteiger partial charge in [0.2, 0.25) is 5.95 Å². The van der Waals surface area contributed by atoms with Gasteiger partial charge in [0.1, 0.15) is 11.0 Å². The number of hydrogen-bond donors (Lipinski definition) is 1. The van der Waals surface area contributed by atoms with E-state index in [1.54, 1.807) is 28.5 Å². The minimum atomic E-state index is -4.52. The summed E-state index contributed by atoms with van der Waals surface area (Å²) in [5, 5.41) is 3.83. The number of fused-ring (bicyclic) bond motifs is 5. The summed E-state index contributed by atoms with van der Waals surface area (Å²) in [6.07, 6.45) is -3.01. The molecule has 1 aliphatic heterocycles. The third-order valence-electron chi connectivity index (χ3n) is 7.28. The number of aryl methyl sites for hydroxylation is 1. The van der Waals surface area contributed by atoms with E-state index in [0.29, 0.717) is 29.8 Å². The van der Waals surface area contributed by atoms with Gasteiger partial charge in [0.05, 0.1) is 17.3 Å². The molecule has 0 saturated carbocycles. The third kappa shape index (κ3) is 4.03.